The van der Waals surface area contributed by atoms with Crippen LogP contribution in [0.5, 0.6) is 0 Å². The smallest absolute Gasteiger partial charge is 0.0758 e. The highest BCUT2D eigenvalue weighted by atomic mass is 79.9. The summed E-state index contributed by atoms with van der Waals surface area (Å²) in [5.41, 5.74) is 8.37. The minimum Gasteiger partial charge on any atom is -0.329 e. The standard InChI is InChI=1S/C17H22BrN3/c1-12-4-2-5-14(10-19)21(12)11-13-7-8-16(18)15-6-3-9-20-17(13)15/h3,6-9,12,14H,2,4-5,10-11,19H2,1H3. The molecule has 2 unspecified atom stereocenters. The Kier molecular flexibility index (Phi) is 4.57. The predicted octanol–water partition coefficient (Wildman–Crippen LogP) is 3.70. The van der Waals surface area contributed by atoms with Crippen molar-refractivity contribution in [2.75, 3.05) is 6.54 Å². The molecule has 1 fully saturated rings. The van der Waals surface area contributed by atoms with Crippen LogP contribution in [0.1, 0.15) is 31.7 Å². The van der Waals surface area contributed by atoms with Crippen molar-refractivity contribution in [3.8, 4) is 0 Å². The van der Waals surface area contributed by atoms with Crippen molar-refractivity contribution < 1.29 is 0 Å². The van der Waals surface area contributed by atoms with Crippen LogP contribution < -0.4 is 5.73 Å². The molecule has 112 valence electrons. The van der Waals surface area contributed by atoms with E-state index >= 15 is 0 Å². The number of piperidine rings is 1. The fraction of sp³-hybridized carbons (Fsp3) is 0.471. The first-order valence-corrected chi connectivity index (χ1v) is 8.48. The number of aromatic nitrogens is 1. The topological polar surface area (TPSA) is 42.1 Å². The Morgan fingerprint density at radius 1 is 1.33 bits per heavy atom. The largest absolute Gasteiger partial charge is 0.329 e. The third-order valence-electron chi connectivity index (χ3n) is 4.62. The van der Waals surface area contributed by atoms with Gasteiger partial charge in [0.25, 0.3) is 0 Å². The molecular weight excluding hydrogens is 326 g/mol. The van der Waals surface area contributed by atoms with Crippen molar-refractivity contribution in [1.82, 2.24) is 9.88 Å². The van der Waals surface area contributed by atoms with Crippen molar-refractivity contribution in [1.29, 1.82) is 0 Å². The lowest BCUT2D eigenvalue weighted by atomic mass is 9.95. The van der Waals surface area contributed by atoms with Crippen LogP contribution in [0.15, 0.2) is 34.9 Å². The number of fused-ring (bicyclic) bond motifs is 1. The molecule has 0 saturated carbocycles. The van der Waals surface area contributed by atoms with Crippen LogP contribution in [0.4, 0.5) is 0 Å². The Morgan fingerprint density at radius 2 is 2.19 bits per heavy atom. The normalized spacial score (nSPS) is 23.6. The second-order valence-electron chi connectivity index (χ2n) is 5.95. The van der Waals surface area contributed by atoms with Gasteiger partial charge in [-0.25, -0.2) is 0 Å². The summed E-state index contributed by atoms with van der Waals surface area (Å²) in [5, 5.41) is 1.18. The van der Waals surface area contributed by atoms with Crippen LogP contribution in [0, 0.1) is 0 Å². The Morgan fingerprint density at radius 3 is 3.00 bits per heavy atom. The van der Waals surface area contributed by atoms with Gasteiger partial charge in [-0.05, 0) is 37.5 Å². The van der Waals surface area contributed by atoms with Gasteiger partial charge < -0.3 is 5.73 Å². The zero-order valence-electron chi connectivity index (χ0n) is 12.4. The average molecular weight is 348 g/mol. The summed E-state index contributed by atoms with van der Waals surface area (Å²) in [4.78, 5) is 7.15. The molecule has 1 aliphatic rings. The quantitative estimate of drug-likeness (QED) is 0.920. The van der Waals surface area contributed by atoms with Gasteiger partial charge in [-0.3, -0.25) is 9.88 Å². The molecule has 0 bridgehead atoms. The molecule has 2 N–H and O–H groups in total. The van der Waals surface area contributed by atoms with Crippen molar-refractivity contribution in [2.45, 2.75) is 44.8 Å². The number of benzene rings is 1. The number of rotatable bonds is 3. The highest BCUT2D eigenvalue weighted by Crippen LogP contribution is 2.29. The number of hydrogen-bond acceptors (Lipinski definition) is 3. The molecule has 2 aromatic rings. The van der Waals surface area contributed by atoms with E-state index in [1.165, 1.54) is 30.2 Å². The van der Waals surface area contributed by atoms with E-state index in [4.69, 9.17) is 5.73 Å². The van der Waals surface area contributed by atoms with Crippen molar-refractivity contribution in [3.63, 3.8) is 0 Å². The number of hydrogen-bond donors (Lipinski definition) is 1. The van der Waals surface area contributed by atoms with E-state index in [0.29, 0.717) is 12.1 Å². The highest BCUT2D eigenvalue weighted by molar-refractivity contribution is 9.10. The summed E-state index contributed by atoms with van der Waals surface area (Å²) < 4.78 is 1.11. The van der Waals surface area contributed by atoms with Gasteiger partial charge in [-0.1, -0.05) is 34.5 Å². The summed E-state index contributed by atoms with van der Waals surface area (Å²) in [6, 6.07) is 9.52. The van der Waals surface area contributed by atoms with Crippen LogP contribution >= 0.6 is 15.9 Å². The molecule has 0 spiro atoms. The van der Waals surface area contributed by atoms with E-state index in [1.54, 1.807) is 0 Å². The molecule has 0 aliphatic carbocycles. The summed E-state index contributed by atoms with van der Waals surface area (Å²) in [7, 11) is 0. The number of halogens is 1. The van der Waals surface area contributed by atoms with Gasteiger partial charge in [0.1, 0.15) is 0 Å². The third kappa shape index (κ3) is 2.98. The van der Waals surface area contributed by atoms with E-state index in [0.717, 1.165) is 23.1 Å². The third-order valence-corrected chi connectivity index (χ3v) is 5.31. The monoisotopic (exact) mass is 347 g/mol. The maximum absolute atomic E-state index is 5.98. The van der Waals surface area contributed by atoms with E-state index in [2.05, 4.69) is 50.9 Å². The Labute approximate surface area is 134 Å². The number of nitrogens with zero attached hydrogens (tertiary/aromatic N) is 2. The summed E-state index contributed by atoms with van der Waals surface area (Å²) in [6.07, 6.45) is 5.64. The van der Waals surface area contributed by atoms with E-state index < -0.39 is 0 Å². The van der Waals surface area contributed by atoms with Crippen LogP contribution in [0.2, 0.25) is 0 Å². The fourth-order valence-corrected chi connectivity index (χ4v) is 3.85. The van der Waals surface area contributed by atoms with Gasteiger partial charge in [0.05, 0.1) is 5.52 Å². The Hall–Kier alpha value is -0.970. The van der Waals surface area contributed by atoms with Gasteiger partial charge in [-0.15, -0.1) is 0 Å². The van der Waals surface area contributed by atoms with Crippen molar-refractivity contribution in [2.24, 2.45) is 5.73 Å². The van der Waals surface area contributed by atoms with Gasteiger partial charge >= 0.3 is 0 Å². The molecule has 4 heteroatoms. The average Bonchev–Trinajstić information content (AvgIpc) is 2.52. The van der Waals surface area contributed by atoms with Crippen LogP contribution in [0.3, 0.4) is 0 Å². The fourth-order valence-electron chi connectivity index (χ4n) is 3.40. The lowest BCUT2D eigenvalue weighted by Gasteiger charge is -2.40. The SMILES string of the molecule is CC1CCCC(CN)N1Cc1ccc(Br)c2cccnc12. The van der Waals surface area contributed by atoms with Crippen LogP contribution in [-0.4, -0.2) is 28.5 Å². The molecule has 0 amide bonds. The van der Waals surface area contributed by atoms with Gasteiger partial charge in [-0.2, -0.15) is 0 Å². The molecule has 1 aromatic carbocycles. The zero-order chi connectivity index (χ0) is 14.8. The molecule has 1 aromatic heterocycles. The maximum Gasteiger partial charge on any atom is 0.0758 e. The first kappa shape index (κ1) is 14.9. The van der Waals surface area contributed by atoms with Crippen LogP contribution in [0.25, 0.3) is 10.9 Å². The number of nitrogens with two attached hydrogens (primary N) is 1. The van der Waals surface area contributed by atoms with E-state index in [1.807, 2.05) is 12.3 Å². The Bertz CT molecular complexity index is 628. The lowest BCUT2D eigenvalue weighted by Crippen LogP contribution is -2.48. The van der Waals surface area contributed by atoms with Gasteiger partial charge in [0.2, 0.25) is 0 Å². The zero-order valence-corrected chi connectivity index (χ0v) is 14.0. The lowest BCUT2D eigenvalue weighted by molar-refractivity contribution is 0.0896. The number of likely N-dealkylation sites (tertiary alicyclic amines) is 1. The molecule has 21 heavy (non-hydrogen) atoms. The van der Waals surface area contributed by atoms with Crippen molar-refractivity contribution in [3.05, 3.63) is 40.5 Å². The highest BCUT2D eigenvalue weighted by Gasteiger charge is 2.27. The second kappa shape index (κ2) is 6.42. The summed E-state index contributed by atoms with van der Waals surface area (Å²) in [6.45, 7) is 3.99. The minimum atomic E-state index is 0.496. The molecule has 1 saturated heterocycles. The molecule has 1 aliphatic heterocycles. The maximum atomic E-state index is 5.98. The van der Waals surface area contributed by atoms with E-state index in [-0.39, 0.29) is 0 Å². The summed E-state index contributed by atoms with van der Waals surface area (Å²) >= 11 is 3.62. The molecular formula is C17H22BrN3. The van der Waals surface area contributed by atoms with Gasteiger partial charge in [0, 0.05) is 41.2 Å². The first-order valence-electron chi connectivity index (χ1n) is 7.68. The van der Waals surface area contributed by atoms with E-state index in [9.17, 15) is 0 Å². The molecule has 2 heterocycles. The molecule has 3 rings (SSSR count). The second-order valence-corrected chi connectivity index (χ2v) is 6.80. The Balaban J connectivity index is 1.95. The molecule has 3 nitrogen and oxygen atoms in total. The van der Waals surface area contributed by atoms with Gasteiger partial charge in [0.15, 0.2) is 0 Å². The van der Waals surface area contributed by atoms with Crippen molar-refractivity contribution >= 4 is 26.8 Å². The number of pyridine rings is 1. The van der Waals surface area contributed by atoms with Crippen LogP contribution in [-0.2, 0) is 6.54 Å². The molecule has 0 radical (unpaired) electrons. The molecule has 2 atom stereocenters. The first-order chi connectivity index (χ1) is 10.2. The predicted molar refractivity (Wildman–Crippen MR) is 91.1 cm³/mol. The summed E-state index contributed by atoms with van der Waals surface area (Å²) in [5.74, 6) is 0. The minimum absolute atomic E-state index is 0.496.